The van der Waals surface area contributed by atoms with Gasteiger partial charge in [0.25, 0.3) is 5.85 Å². The molecule has 1 heterocycles. The van der Waals surface area contributed by atoms with Crippen LogP contribution in [0, 0.1) is 10.8 Å². The SMILES string of the molecule is CC1(F)OC(=O)C2(C)CC12C. The molecule has 11 heavy (non-hydrogen) atoms. The highest BCUT2D eigenvalue weighted by Gasteiger charge is 2.81. The van der Waals surface area contributed by atoms with Gasteiger partial charge < -0.3 is 4.74 Å². The predicted octanol–water partition coefficient (Wildman–Crippen LogP) is 1.65. The van der Waals surface area contributed by atoms with Gasteiger partial charge in [0.1, 0.15) is 0 Å². The molecule has 0 N–H and O–H groups in total. The molecule has 1 saturated heterocycles. The molecule has 2 nitrogen and oxygen atoms in total. The Kier molecular flexibility index (Phi) is 0.850. The van der Waals surface area contributed by atoms with E-state index in [-0.39, 0.29) is 5.97 Å². The molecule has 1 aliphatic heterocycles. The van der Waals surface area contributed by atoms with E-state index in [1.807, 2.05) is 0 Å². The first-order valence-corrected chi connectivity index (χ1v) is 3.76. The third kappa shape index (κ3) is 0.490. The number of ether oxygens (including phenoxy) is 1. The molecular weight excluding hydrogens is 147 g/mol. The van der Waals surface area contributed by atoms with Gasteiger partial charge in [-0.1, -0.05) is 6.92 Å². The third-order valence-electron chi connectivity index (χ3n) is 3.52. The van der Waals surface area contributed by atoms with Crippen LogP contribution in [-0.4, -0.2) is 11.8 Å². The van der Waals surface area contributed by atoms with Gasteiger partial charge in [0, 0.05) is 6.92 Å². The summed E-state index contributed by atoms with van der Waals surface area (Å²) < 4.78 is 18.1. The molecule has 2 aliphatic rings. The van der Waals surface area contributed by atoms with Gasteiger partial charge >= 0.3 is 5.97 Å². The summed E-state index contributed by atoms with van der Waals surface area (Å²) >= 11 is 0. The summed E-state index contributed by atoms with van der Waals surface area (Å²) in [6.45, 7) is 4.86. The molecule has 3 heteroatoms. The van der Waals surface area contributed by atoms with Gasteiger partial charge in [0.05, 0.1) is 10.8 Å². The Morgan fingerprint density at radius 1 is 1.45 bits per heavy atom. The molecule has 0 aromatic rings. The highest BCUT2D eigenvalue weighted by atomic mass is 19.2. The van der Waals surface area contributed by atoms with Crippen molar-refractivity contribution in [2.45, 2.75) is 33.0 Å². The average molecular weight is 158 g/mol. The lowest BCUT2D eigenvalue weighted by molar-refractivity contribution is -0.176. The molecule has 2 fully saturated rings. The van der Waals surface area contributed by atoms with E-state index in [2.05, 4.69) is 4.74 Å². The van der Waals surface area contributed by atoms with Crippen LogP contribution in [0.2, 0.25) is 0 Å². The monoisotopic (exact) mass is 158 g/mol. The first-order chi connectivity index (χ1) is 4.83. The van der Waals surface area contributed by atoms with Crippen LogP contribution in [0.25, 0.3) is 0 Å². The fourth-order valence-electron chi connectivity index (χ4n) is 2.01. The van der Waals surface area contributed by atoms with Crippen molar-refractivity contribution >= 4 is 5.97 Å². The van der Waals surface area contributed by atoms with Crippen molar-refractivity contribution in [3.05, 3.63) is 0 Å². The number of esters is 1. The van der Waals surface area contributed by atoms with Gasteiger partial charge in [-0.15, -0.1) is 0 Å². The van der Waals surface area contributed by atoms with Crippen molar-refractivity contribution in [1.29, 1.82) is 0 Å². The van der Waals surface area contributed by atoms with Crippen LogP contribution in [0.15, 0.2) is 0 Å². The second-order valence-corrected chi connectivity index (χ2v) is 4.15. The predicted molar refractivity (Wildman–Crippen MR) is 36.4 cm³/mol. The van der Waals surface area contributed by atoms with E-state index in [1.165, 1.54) is 6.92 Å². The first-order valence-electron chi connectivity index (χ1n) is 3.76. The Morgan fingerprint density at radius 2 is 2.00 bits per heavy atom. The van der Waals surface area contributed by atoms with E-state index in [0.29, 0.717) is 6.42 Å². The van der Waals surface area contributed by atoms with Crippen LogP contribution in [0.5, 0.6) is 0 Å². The Labute approximate surface area is 64.7 Å². The van der Waals surface area contributed by atoms with Crippen LogP contribution in [0.3, 0.4) is 0 Å². The van der Waals surface area contributed by atoms with E-state index in [9.17, 15) is 9.18 Å². The maximum atomic E-state index is 13.5. The van der Waals surface area contributed by atoms with Gasteiger partial charge in [0.15, 0.2) is 0 Å². The zero-order chi connectivity index (χ0) is 8.49. The average Bonchev–Trinajstić information content (AvgIpc) is 2.33. The van der Waals surface area contributed by atoms with Crippen molar-refractivity contribution < 1.29 is 13.9 Å². The number of rotatable bonds is 0. The third-order valence-corrected chi connectivity index (χ3v) is 3.52. The smallest absolute Gasteiger partial charge is 0.315 e. The highest BCUT2D eigenvalue weighted by molar-refractivity contribution is 5.85. The number of hydrogen-bond acceptors (Lipinski definition) is 2. The number of halogens is 1. The highest BCUT2D eigenvalue weighted by Crippen LogP contribution is 2.74. The van der Waals surface area contributed by atoms with Crippen LogP contribution < -0.4 is 0 Å². The lowest BCUT2D eigenvalue weighted by Crippen LogP contribution is -2.28. The Balaban J connectivity index is 2.45. The molecule has 1 aliphatic carbocycles. The lowest BCUT2D eigenvalue weighted by atomic mass is 9.93. The summed E-state index contributed by atoms with van der Waals surface area (Å²) in [4.78, 5) is 11.1. The van der Waals surface area contributed by atoms with E-state index >= 15 is 0 Å². The minimum absolute atomic E-state index is 0.384. The summed E-state index contributed by atoms with van der Waals surface area (Å²) in [6.07, 6.45) is 0.617. The van der Waals surface area contributed by atoms with Gasteiger partial charge in [-0.25, -0.2) is 0 Å². The fraction of sp³-hybridized carbons (Fsp3) is 0.875. The van der Waals surface area contributed by atoms with E-state index in [0.717, 1.165) is 0 Å². The summed E-state index contributed by atoms with van der Waals surface area (Å²) in [7, 11) is 0. The maximum Gasteiger partial charge on any atom is 0.315 e. The number of alkyl halides is 1. The van der Waals surface area contributed by atoms with Crippen molar-refractivity contribution in [1.82, 2.24) is 0 Å². The molecular formula is C8H11FO2. The second-order valence-electron chi connectivity index (χ2n) is 4.15. The summed E-state index contributed by atoms with van der Waals surface area (Å²) in [6, 6.07) is 0. The molecule has 1 saturated carbocycles. The molecule has 0 radical (unpaired) electrons. The summed E-state index contributed by atoms with van der Waals surface area (Å²) in [5.41, 5.74) is -1.12. The molecule has 3 atom stereocenters. The number of hydrogen-bond donors (Lipinski definition) is 0. The fourth-order valence-corrected chi connectivity index (χ4v) is 2.01. The van der Waals surface area contributed by atoms with Crippen molar-refractivity contribution in [2.75, 3.05) is 0 Å². The largest absolute Gasteiger partial charge is 0.428 e. The normalized spacial score (nSPS) is 60.5. The zero-order valence-corrected chi connectivity index (χ0v) is 6.90. The molecule has 62 valence electrons. The lowest BCUT2D eigenvalue weighted by Gasteiger charge is -2.20. The number of fused-ring (bicyclic) bond motifs is 1. The Bertz CT molecular complexity index is 248. The van der Waals surface area contributed by atoms with Crippen molar-refractivity contribution in [3.8, 4) is 0 Å². The Hall–Kier alpha value is -0.600. The van der Waals surface area contributed by atoms with Crippen LogP contribution in [0.1, 0.15) is 27.2 Å². The minimum Gasteiger partial charge on any atom is -0.428 e. The molecule has 0 spiro atoms. The van der Waals surface area contributed by atoms with Gasteiger partial charge in [0.2, 0.25) is 0 Å². The standard InChI is InChI=1S/C8H11FO2/c1-6-4-7(6,2)8(3,9)11-5(6)10/h4H2,1-3H3. The maximum absolute atomic E-state index is 13.5. The molecule has 0 bridgehead atoms. The van der Waals surface area contributed by atoms with Crippen LogP contribution >= 0.6 is 0 Å². The molecule has 2 rings (SSSR count). The van der Waals surface area contributed by atoms with Gasteiger partial charge in [-0.05, 0) is 13.3 Å². The molecule has 0 aromatic carbocycles. The van der Waals surface area contributed by atoms with Gasteiger partial charge in [-0.2, -0.15) is 4.39 Å². The molecule has 0 amide bonds. The number of cyclic esters (lactones) is 1. The minimum atomic E-state index is -1.75. The van der Waals surface area contributed by atoms with E-state index in [4.69, 9.17) is 0 Å². The molecule has 0 aromatic heterocycles. The van der Waals surface area contributed by atoms with Crippen LogP contribution in [0.4, 0.5) is 4.39 Å². The summed E-state index contributed by atoms with van der Waals surface area (Å²) in [5.74, 6) is -2.14. The quantitative estimate of drug-likeness (QED) is 0.501. The Morgan fingerprint density at radius 3 is 2.09 bits per heavy atom. The topological polar surface area (TPSA) is 26.3 Å². The molecule has 3 unspecified atom stereocenters. The van der Waals surface area contributed by atoms with Crippen molar-refractivity contribution in [2.24, 2.45) is 10.8 Å². The second kappa shape index (κ2) is 1.32. The van der Waals surface area contributed by atoms with E-state index in [1.54, 1.807) is 13.8 Å². The van der Waals surface area contributed by atoms with Crippen LogP contribution in [-0.2, 0) is 9.53 Å². The van der Waals surface area contributed by atoms with Gasteiger partial charge in [-0.3, -0.25) is 4.79 Å². The van der Waals surface area contributed by atoms with E-state index < -0.39 is 16.7 Å². The summed E-state index contributed by atoms with van der Waals surface area (Å²) in [5, 5.41) is 0. The number of carbonyl (C=O) groups is 1. The van der Waals surface area contributed by atoms with Crippen molar-refractivity contribution in [3.63, 3.8) is 0 Å². The number of carbonyl (C=O) groups excluding carboxylic acids is 1. The first kappa shape index (κ1) is 7.07. The zero-order valence-electron chi connectivity index (χ0n) is 6.90.